The lowest BCUT2D eigenvalue weighted by molar-refractivity contribution is -0.134. The van der Waals surface area contributed by atoms with Gasteiger partial charge in [0.2, 0.25) is 15.9 Å². The number of piperazine rings is 1. The van der Waals surface area contributed by atoms with Gasteiger partial charge >= 0.3 is 0 Å². The lowest BCUT2D eigenvalue weighted by Crippen LogP contribution is -2.51. The molecule has 0 aliphatic carbocycles. The van der Waals surface area contributed by atoms with Gasteiger partial charge in [-0.2, -0.15) is 4.31 Å². The van der Waals surface area contributed by atoms with Gasteiger partial charge in [0, 0.05) is 31.2 Å². The summed E-state index contributed by atoms with van der Waals surface area (Å²) in [5.41, 5.74) is 1.00. The maximum atomic E-state index is 12.9. The van der Waals surface area contributed by atoms with Crippen molar-refractivity contribution in [3.8, 4) is 0 Å². The quantitative estimate of drug-likeness (QED) is 0.764. The largest absolute Gasteiger partial charge is 0.340 e. The SMILES string of the molecule is CCC(C(=O)N1CCN(S(=O)(=O)c2ccc(Cl)cc2)CC1)c1ccccc1. The van der Waals surface area contributed by atoms with E-state index in [0.717, 1.165) is 5.56 Å². The molecule has 0 N–H and O–H groups in total. The van der Waals surface area contributed by atoms with Crippen LogP contribution in [-0.2, 0) is 14.8 Å². The fraction of sp³-hybridized carbons (Fsp3) is 0.350. The van der Waals surface area contributed by atoms with Gasteiger partial charge in [0.05, 0.1) is 10.8 Å². The van der Waals surface area contributed by atoms with Crippen LogP contribution in [-0.4, -0.2) is 49.7 Å². The molecule has 0 spiro atoms. The van der Waals surface area contributed by atoms with Crippen LogP contribution >= 0.6 is 11.6 Å². The fourth-order valence-corrected chi connectivity index (χ4v) is 4.91. The molecule has 1 atom stereocenters. The molecule has 144 valence electrons. The van der Waals surface area contributed by atoms with Crippen LogP contribution in [0.2, 0.25) is 5.02 Å². The Labute approximate surface area is 165 Å². The molecule has 0 aromatic heterocycles. The Morgan fingerprint density at radius 2 is 1.59 bits per heavy atom. The summed E-state index contributed by atoms with van der Waals surface area (Å²) >= 11 is 5.84. The van der Waals surface area contributed by atoms with Crippen LogP contribution in [0.15, 0.2) is 59.5 Å². The van der Waals surface area contributed by atoms with Gasteiger partial charge in [-0.3, -0.25) is 4.79 Å². The van der Waals surface area contributed by atoms with Crippen molar-refractivity contribution in [1.29, 1.82) is 0 Å². The molecule has 5 nitrogen and oxygen atoms in total. The highest BCUT2D eigenvalue weighted by Gasteiger charge is 2.32. The predicted octanol–water partition coefficient (Wildman–Crippen LogP) is 3.37. The number of carbonyl (C=O) groups is 1. The van der Waals surface area contributed by atoms with Gasteiger partial charge in [0.25, 0.3) is 0 Å². The summed E-state index contributed by atoms with van der Waals surface area (Å²) in [5.74, 6) is -0.127. The van der Waals surface area contributed by atoms with Gasteiger partial charge in [0.15, 0.2) is 0 Å². The normalized spacial score (nSPS) is 16.9. The summed E-state index contributed by atoms with van der Waals surface area (Å²) in [6, 6.07) is 15.9. The summed E-state index contributed by atoms with van der Waals surface area (Å²) < 4.78 is 27.0. The summed E-state index contributed by atoms with van der Waals surface area (Å²) in [5, 5.41) is 0.496. The van der Waals surface area contributed by atoms with E-state index in [4.69, 9.17) is 11.6 Å². The van der Waals surface area contributed by atoms with E-state index in [1.165, 1.54) is 16.4 Å². The van der Waals surface area contributed by atoms with Crippen LogP contribution < -0.4 is 0 Å². The molecular weight excluding hydrogens is 384 g/mol. The Hall–Kier alpha value is -1.89. The lowest BCUT2D eigenvalue weighted by Gasteiger charge is -2.35. The molecule has 2 aromatic carbocycles. The average molecular weight is 407 g/mol. The van der Waals surface area contributed by atoms with Gasteiger partial charge in [-0.1, -0.05) is 48.9 Å². The molecule has 1 aliphatic rings. The van der Waals surface area contributed by atoms with Gasteiger partial charge in [-0.15, -0.1) is 0 Å². The number of halogens is 1. The molecule has 1 heterocycles. The molecule has 7 heteroatoms. The maximum Gasteiger partial charge on any atom is 0.243 e. The highest BCUT2D eigenvalue weighted by atomic mass is 35.5. The monoisotopic (exact) mass is 406 g/mol. The molecule has 1 fully saturated rings. The third-order valence-electron chi connectivity index (χ3n) is 4.91. The standard InChI is InChI=1S/C20H23ClN2O3S/c1-2-19(16-6-4-3-5-7-16)20(24)22-12-14-23(15-13-22)27(25,26)18-10-8-17(21)9-11-18/h3-11,19H,2,12-15H2,1H3. The number of hydrogen-bond donors (Lipinski definition) is 0. The average Bonchev–Trinajstić information content (AvgIpc) is 2.70. The number of carbonyl (C=O) groups excluding carboxylic acids is 1. The van der Waals surface area contributed by atoms with Gasteiger partial charge in [-0.25, -0.2) is 8.42 Å². The van der Waals surface area contributed by atoms with E-state index < -0.39 is 10.0 Å². The molecule has 2 aromatic rings. The lowest BCUT2D eigenvalue weighted by atomic mass is 9.95. The minimum atomic E-state index is -3.57. The zero-order chi connectivity index (χ0) is 19.4. The van der Waals surface area contributed by atoms with E-state index in [0.29, 0.717) is 37.6 Å². The second-order valence-corrected chi connectivity index (χ2v) is 8.93. The first kappa shape index (κ1) is 19.9. The topological polar surface area (TPSA) is 57.7 Å². The Bertz CT molecular complexity index is 877. The van der Waals surface area contributed by atoms with Crippen LogP contribution in [0.1, 0.15) is 24.8 Å². The van der Waals surface area contributed by atoms with Crippen LogP contribution in [0.4, 0.5) is 0 Å². The minimum Gasteiger partial charge on any atom is -0.340 e. The number of hydrogen-bond acceptors (Lipinski definition) is 3. The number of sulfonamides is 1. The zero-order valence-electron chi connectivity index (χ0n) is 15.2. The van der Waals surface area contributed by atoms with Crippen LogP contribution in [0.3, 0.4) is 0 Å². The summed E-state index contributed by atoms with van der Waals surface area (Å²) in [6.07, 6.45) is 0.714. The van der Waals surface area contributed by atoms with Crippen molar-refractivity contribution in [3.05, 3.63) is 65.2 Å². The van der Waals surface area contributed by atoms with E-state index in [9.17, 15) is 13.2 Å². The van der Waals surface area contributed by atoms with E-state index >= 15 is 0 Å². The molecule has 1 aliphatic heterocycles. The molecule has 3 rings (SSSR count). The maximum absolute atomic E-state index is 12.9. The van der Waals surface area contributed by atoms with Crippen molar-refractivity contribution in [2.45, 2.75) is 24.2 Å². The molecule has 1 unspecified atom stereocenters. The molecular formula is C20H23ClN2O3S. The Balaban J connectivity index is 1.67. The van der Waals surface area contributed by atoms with Crippen molar-refractivity contribution >= 4 is 27.5 Å². The molecule has 0 saturated carbocycles. The first-order chi connectivity index (χ1) is 12.9. The number of rotatable bonds is 5. The van der Waals surface area contributed by atoms with Crippen molar-refractivity contribution in [2.75, 3.05) is 26.2 Å². The Morgan fingerprint density at radius 3 is 2.15 bits per heavy atom. The van der Waals surface area contributed by atoms with Crippen LogP contribution in [0.25, 0.3) is 0 Å². The van der Waals surface area contributed by atoms with Crippen LogP contribution in [0, 0.1) is 0 Å². The predicted molar refractivity (Wildman–Crippen MR) is 106 cm³/mol. The third kappa shape index (κ3) is 4.34. The second kappa shape index (κ2) is 8.42. The van der Waals surface area contributed by atoms with Crippen molar-refractivity contribution < 1.29 is 13.2 Å². The van der Waals surface area contributed by atoms with Crippen molar-refractivity contribution in [2.24, 2.45) is 0 Å². The Kier molecular flexibility index (Phi) is 6.19. The number of benzene rings is 2. The Morgan fingerprint density at radius 1 is 1.00 bits per heavy atom. The fourth-order valence-electron chi connectivity index (χ4n) is 3.36. The molecule has 1 saturated heterocycles. The van der Waals surface area contributed by atoms with Gasteiger partial charge < -0.3 is 4.90 Å². The van der Waals surface area contributed by atoms with E-state index in [1.807, 2.05) is 37.3 Å². The van der Waals surface area contributed by atoms with Crippen molar-refractivity contribution in [1.82, 2.24) is 9.21 Å². The summed E-state index contributed by atoms with van der Waals surface area (Å²) in [7, 11) is -3.57. The molecule has 0 bridgehead atoms. The van der Waals surface area contributed by atoms with E-state index in [-0.39, 0.29) is 16.7 Å². The number of nitrogens with zero attached hydrogens (tertiary/aromatic N) is 2. The highest BCUT2D eigenvalue weighted by molar-refractivity contribution is 7.89. The molecule has 27 heavy (non-hydrogen) atoms. The zero-order valence-corrected chi connectivity index (χ0v) is 16.8. The minimum absolute atomic E-state index is 0.0623. The first-order valence-corrected chi connectivity index (χ1v) is 10.8. The third-order valence-corrected chi connectivity index (χ3v) is 7.07. The van der Waals surface area contributed by atoms with E-state index in [2.05, 4.69) is 0 Å². The summed E-state index contributed by atoms with van der Waals surface area (Å²) in [6.45, 7) is 3.38. The van der Waals surface area contributed by atoms with E-state index in [1.54, 1.807) is 17.0 Å². The molecule has 0 radical (unpaired) electrons. The van der Waals surface area contributed by atoms with Crippen LogP contribution in [0.5, 0.6) is 0 Å². The second-order valence-electron chi connectivity index (χ2n) is 6.55. The van der Waals surface area contributed by atoms with Gasteiger partial charge in [0.1, 0.15) is 0 Å². The van der Waals surface area contributed by atoms with Gasteiger partial charge in [-0.05, 0) is 36.2 Å². The first-order valence-electron chi connectivity index (χ1n) is 9.03. The van der Waals surface area contributed by atoms with Crippen molar-refractivity contribution in [3.63, 3.8) is 0 Å². The highest BCUT2D eigenvalue weighted by Crippen LogP contribution is 2.24. The number of amides is 1. The molecule has 1 amide bonds. The summed E-state index contributed by atoms with van der Waals surface area (Å²) in [4.78, 5) is 14.9. The smallest absolute Gasteiger partial charge is 0.243 e.